The second-order valence-corrected chi connectivity index (χ2v) is 5.53. The lowest BCUT2D eigenvalue weighted by Crippen LogP contribution is -2.54. The number of nitrogens with one attached hydrogen (secondary N) is 2. The lowest BCUT2D eigenvalue weighted by Gasteiger charge is -2.36. The molecule has 0 aliphatic carbocycles. The summed E-state index contributed by atoms with van der Waals surface area (Å²) in [5, 5.41) is 13.5. The highest BCUT2D eigenvalue weighted by molar-refractivity contribution is 5.98. The second-order valence-electron chi connectivity index (χ2n) is 5.53. The Kier molecular flexibility index (Phi) is 3.57. The number of carbonyl (C=O) groups is 1. The van der Waals surface area contributed by atoms with E-state index >= 15 is 0 Å². The van der Waals surface area contributed by atoms with Gasteiger partial charge in [-0.2, -0.15) is 0 Å². The molecule has 112 valence electrons. The molecule has 2 heterocycles. The first kappa shape index (κ1) is 13.9. The molecule has 0 saturated carbocycles. The Morgan fingerprint density at radius 1 is 1.38 bits per heavy atom. The van der Waals surface area contributed by atoms with Crippen molar-refractivity contribution >= 4 is 22.5 Å². The Morgan fingerprint density at radius 2 is 2.14 bits per heavy atom. The van der Waals surface area contributed by atoms with Crippen molar-refractivity contribution in [3.8, 4) is 0 Å². The van der Waals surface area contributed by atoms with E-state index in [1.54, 1.807) is 12.1 Å². The van der Waals surface area contributed by atoms with Crippen molar-refractivity contribution in [3.63, 3.8) is 0 Å². The largest absolute Gasteiger partial charge is 0.399 e. The molecule has 1 amide bonds. The smallest absolute Gasteiger partial charge is 0.268 e. The summed E-state index contributed by atoms with van der Waals surface area (Å²) in [6, 6.07) is 7.22. The fraction of sp³-hybridized carbons (Fsp3) is 0.400. The molecule has 0 unspecified atom stereocenters. The molecule has 0 bridgehead atoms. The average molecular weight is 289 g/mol. The van der Waals surface area contributed by atoms with Crippen LogP contribution in [0.1, 0.15) is 23.3 Å². The van der Waals surface area contributed by atoms with Crippen molar-refractivity contribution < 1.29 is 14.6 Å². The first-order valence-corrected chi connectivity index (χ1v) is 7.01. The zero-order chi connectivity index (χ0) is 14.9. The van der Waals surface area contributed by atoms with Gasteiger partial charge in [0.1, 0.15) is 5.69 Å². The molecule has 1 saturated heterocycles. The molecule has 21 heavy (non-hydrogen) atoms. The zero-order valence-electron chi connectivity index (χ0n) is 11.7. The summed E-state index contributed by atoms with van der Waals surface area (Å²) >= 11 is 0. The van der Waals surface area contributed by atoms with Gasteiger partial charge in [-0.25, -0.2) is 0 Å². The lowest BCUT2D eigenvalue weighted by atomic mass is 9.91. The van der Waals surface area contributed by atoms with Gasteiger partial charge in [-0.15, -0.1) is 0 Å². The maximum Gasteiger partial charge on any atom is 0.268 e. The van der Waals surface area contributed by atoms with Crippen LogP contribution in [0.5, 0.6) is 0 Å². The topological polar surface area (TPSA) is 100 Å². The van der Waals surface area contributed by atoms with Gasteiger partial charge in [0.2, 0.25) is 0 Å². The zero-order valence-corrected chi connectivity index (χ0v) is 11.7. The number of aromatic amines is 1. The molecule has 1 fully saturated rings. The molecule has 5 N–H and O–H groups in total. The molecule has 0 spiro atoms. The Morgan fingerprint density at radius 3 is 2.86 bits per heavy atom. The van der Waals surface area contributed by atoms with Gasteiger partial charge in [-0.05, 0) is 37.1 Å². The third-order valence-corrected chi connectivity index (χ3v) is 4.02. The second kappa shape index (κ2) is 5.38. The van der Waals surface area contributed by atoms with Crippen molar-refractivity contribution in [1.82, 2.24) is 10.3 Å². The third-order valence-electron chi connectivity index (χ3n) is 4.02. The number of aliphatic hydroxyl groups is 1. The molecule has 6 heteroatoms. The molecule has 1 aliphatic heterocycles. The molecule has 6 nitrogen and oxygen atoms in total. The summed E-state index contributed by atoms with van der Waals surface area (Å²) in [6.07, 6.45) is 1.23. The molecular weight excluding hydrogens is 270 g/mol. The fourth-order valence-electron chi connectivity index (χ4n) is 2.67. The van der Waals surface area contributed by atoms with Gasteiger partial charge in [0.25, 0.3) is 5.91 Å². The number of H-pyrrole nitrogens is 1. The van der Waals surface area contributed by atoms with Gasteiger partial charge < -0.3 is 25.9 Å². The number of ether oxygens (including phenoxy) is 1. The van der Waals surface area contributed by atoms with E-state index < -0.39 is 5.54 Å². The Labute approximate surface area is 122 Å². The summed E-state index contributed by atoms with van der Waals surface area (Å²) in [6.45, 7) is 1.00. The Balaban J connectivity index is 1.82. The molecule has 3 rings (SSSR count). The van der Waals surface area contributed by atoms with E-state index in [0.29, 0.717) is 37.4 Å². The summed E-state index contributed by atoms with van der Waals surface area (Å²) in [5.41, 5.74) is 7.13. The van der Waals surface area contributed by atoms with E-state index in [1.165, 1.54) is 0 Å². The summed E-state index contributed by atoms with van der Waals surface area (Å²) in [4.78, 5) is 15.5. The van der Waals surface area contributed by atoms with Crippen LogP contribution in [0.2, 0.25) is 0 Å². The van der Waals surface area contributed by atoms with Crippen LogP contribution in [0, 0.1) is 0 Å². The van der Waals surface area contributed by atoms with Crippen molar-refractivity contribution in [1.29, 1.82) is 0 Å². The van der Waals surface area contributed by atoms with E-state index in [9.17, 15) is 9.90 Å². The van der Waals surface area contributed by atoms with Crippen LogP contribution >= 0.6 is 0 Å². The van der Waals surface area contributed by atoms with Gasteiger partial charge in [-0.3, -0.25) is 4.79 Å². The predicted molar refractivity (Wildman–Crippen MR) is 80.0 cm³/mol. The van der Waals surface area contributed by atoms with Crippen LogP contribution < -0.4 is 11.1 Å². The van der Waals surface area contributed by atoms with Crippen molar-refractivity contribution in [2.24, 2.45) is 0 Å². The number of benzene rings is 1. The normalized spacial score (nSPS) is 17.8. The van der Waals surface area contributed by atoms with Crippen LogP contribution in [-0.2, 0) is 4.74 Å². The van der Waals surface area contributed by atoms with E-state index in [4.69, 9.17) is 10.5 Å². The predicted octanol–water partition coefficient (Wildman–Crippen LogP) is 1.02. The molecule has 0 radical (unpaired) electrons. The third kappa shape index (κ3) is 2.72. The molecular formula is C15H19N3O3. The Bertz CT molecular complexity index is 659. The number of rotatable bonds is 3. The molecule has 1 aliphatic rings. The number of hydrogen-bond acceptors (Lipinski definition) is 4. The van der Waals surface area contributed by atoms with Crippen LogP contribution in [0.3, 0.4) is 0 Å². The minimum atomic E-state index is -0.592. The van der Waals surface area contributed by atoms with E-state index in [2.05, 4.69) is 10.3 Å². The number of aliphatic hydroxyl groups excluding tert-OH is 1. The standard InChI is InChI=1S/C15H19N3O3/c16-11-1-2-12-10(7-11)8-13(17-12)14(20)18-15(9-19)3-5-21-6-4-15/h1-2,7-8,17,19H,3-6,9,16H2,(H,18,20). The number of amides is 1. The quantitative estimate of drug-likeness (QED) is 0.634. The monoisotopic (exact) mass is 289 g/mol. The van der Waals surface area contributed by atoms with E-state index in [0.717, 1.165) is 10.9 Å². The minimum absolute atomic E-state index is 0.0880. The van der Waals surface area contributed by atoms with Gasteiger partial charge in [-0.1, -0.05) is 0 Å². The van der Waals surface area contributed by atoms with Crippen molar-refractivity contribution in [2.75, 3.05) is 25.6 Å². The number of hydrogen-bond donors (Lipinski definition) is 4. The number of anilines is 1. The van der Waals surface area contributed by atoms with Gasteiger partial charge in [0, 0.05) is 29.8 Å². The summed E-state index contributed by atoms with van der Waals surface area (Å²) in [7, 11) is 0. The van der Waals surface area contributed by atoms with Gasteiger partial charge in [0.05, 0.1) is 12.1 Å². The minimum Gasteiger partial charge on any atom is -0.399 e. The lowest BCUT2D eigenvalue weighted by molar-refractivity contribution is 0.0124. The average Bonchev–Trinajstić information content (AvgIpc) is 2.91. The van der Waals surface area contributed by atoms with Crippen LogP contribution in [0.4, 0.5) is 5.69 Å². The van der Waals surface area contributed by atoms with Crippen LogP contribution in [0.25, 0.3) is 10.9 Å². The molecule has 0 atom stereocenters. The van der Waals surface area contributed by atoms with Crippen molar-refractivity contribution in [2.45, 2.75) is 18.4 Å². The van der Waals surface area contributed by atoms with Crippen LogP contribution in [0.15, 0.2) is 24.3 Å². The number of nitrogen functional groups attached to an aromatic ring is 1. The maximum atomic E-state index is 12.4. The van der Waals surface area contributed by atoms with E-state index in [1.807, 2.05) is 12.1 Å². The highest BCUT2D eigenvalue weighted by atomic mass is 16.5. The summed E-state index contributed by atoms with van der Waals surface area (Å²) in [5.74, 6) is -0.222. The highest BCUT2D eigenvalue weighted by Gasteiger charge is 2.34. The highest BCUT2D eigenvalue weighted by Crippen LogP contribution is 2.22. The van der Waals surface area contributed by atoms with E-state index in [-0.39, 0.29) is 12.5 Å². The number of carbonyl (C=O) groups excluding carboxylic acids is 1. The first-order chi connectivity index (χ1) is 10.1. The SMILES string of the molecule is Nc1ccc2[nH]c(C(=O)NC3(CO)CCOCC3)cc2c1. The fourth-order valence-corrected chi connectivity index (χ4v) is 2.67. The van der Waals surface area contributed by atoms with Crippen LogP contribution in [-0.4, -0.2) is 41.4 Å². The molecule has 1 aromatic heterocycles. The number of fused-ring (bicyclic) bond motifs is 1. The maximum absolute atomic E-state index is 12.4. The van der Waals surface area contributed by atoms with Gasteiger partial charge in [0.15, 0.2) is 0 Å². The molecule has 2 aromatic rings. The molecule has 1 aromatic carbocycles. The first-order valence-electron chi connectivity index (χ1n) is 7.01. The Hall–Kier alpha value is -2.05. The summed E-state index contributed by atoms with van der Waals surface area (Å²) < 4.78 is 5.29. The van der Waals surface area contributed by atoms with Crippen molar-refractivity contribution in [3.05, 3.63) is 30.0 Å². The number of aromatic nitrogens is 1. The number of nitrogens with two attached hydrogens (primary N) is 1. The van der Waals surface area contributed by atoms with Gasteiger partial charge >= 0.3 is 0 Å².